The van der Waals surface area contributed by atoms with Gasteiger partial charge in [-0.3, -0.25) is 0 Å². The highest BCUT2D eigenvalue weighted by molar-refractivity contribution is 8.01. The normalized spacial score (nSPS) is 20.2. The molecule has 2 heterocycles. The minimum absolute atomic E-state index is 0.0799. The molecule has 0 amide bonds. The number of methoxy groups -OCH3 is 1. The summed E-state index contributed by atoms with van der Waals surface area (Å²) in [5, 5.41) is 2.73. The summed E-state index contributed by atoms with van der Waals surface area (Å²) < 4.78 is 19.8. The van der Waals surface area contributed by atoms with Gasteiger partial charge in [-0.1, -0.05) is 39.3 Å². The standard InChI is InChI=1S/C32H39NO3S2/c1-22(2)37-31-15-14-30(38-31)28-11-8-24-21-25(34-4)9-12-27(24)32(28)36-26-10-13-29(23(3)20-26)35-19-18-33-16-6-5-7-17-33/h8-15,20-23,29H,5-7,16-19H2,1-4H3. The zero-order chi connectivity index (χ0) is 26.5. The Bertz CT molecular complexity index is 1290. The molecule has 6 heteroatoms. The van der Waals surface area contributed by atoms with Gasteiger partial charge in [0.1, 0.15) is 17.3 Å². The molecule has 1 aliphatic heterocycles. The number of benzene rings is 2. The summed E-state index contributed by atoms with van der Waals surface area (Å²) in [5.74, 6) is 2.84. The molecular weight excluding hydrogens is 510 g/mol. The van der Waals surface area contributed by atoms with E-state index in [1.54, 1.807) is 7.11 Å². The van der Waals surface area contributed by atoms with Crippen LogP contribution in [-0.4, -0.2) is 49.6 Å². The molecule has 38 heavy (non-hydrogen) atoms. The van der Waals surface area contributed by atoms with Crippen LogP contribution in [0.1, 0.15) is 40.0 Å². The second-order valence-electron chi connectivity index (χ2n) is 10.4. The Morgan fingerprint density at radius 2 is 1.89 bits per heavy atom. The zero-order valence-electron chi connectivity index (χ0n) is 22.9. The van der Waals surface area contributed by atoms with Crippen molar-refractivity contribution in [3.8, 4) is 21.9 Å². The molecule has 1 saturated heterocycles. The van der Waals surface area contributed by atoms with Crippen LogP contribution in [0.2, 0.25) is 0 Å². The molecule has 0 radical (unpaired) electrons. The molecular formula is C32H39NO3S2. The van der Waals surface area contributed by atoms with E-state index in [1.807, 2.05) is 29.2 Å². The highest BCUT2D eigenvalue weighted by Crippen LogP contribution is 2.44. The third kappa shape index (κ3) is 6.66. The van der Waals surface area contributed by atoms with Gasteiger partial charge in [0, 0.05) is 33.5 Å². The van der Waals surface area contributed by atoms with Gasteiger partial charge in [-0.25, -0.2) is 0 Å². The topological polar surface area (TPSA) is 30.9 Å². The molecule has 2 aromatic carbocycles. The van der Waals surface area contributed by atoms with Gasteiger partial charge in [0.15, 0.2) is 0 Å². The van der Waals surface area contributed by atoms with E-state index < -0.39 is 0 Å². The fourth-order valence-electron chi connectivity index (χ4n) is 5.14. The van der Waals surface area contributed by atoms with Crippen LogP contribution in [0.4, 0.5) is 0 Å². The maximum atomic E-state index is 6.71. The molecule has 202 valence electrons. The van der Waals surface area contributed by atoms with Gasteiger partial charge in [0.25, 0.3) is 0 Å². The van der Waals surface area contributed by atoms with E-state index in [9.17, 15) is 0 Å². The fourth-order valence-corrected chi connectivity index (χ4v) is 7.55. The molecule has 5 rings (SSSR count). The number of ether oxygens (including phenoxy) is 3. The first kappa shape index (κ1) is 27.3. The number of rotatable bonds is 10. The van der Waals surface area contributed by atoms with Crippen LogP contribution < -0.4 is 9.47 Å². The Morgan fingerprint density at radius 3 is 2.66 bits per heavy atom. The lowest BCUT2D eigenvalue weighted by Gasteiger charge is -2.28. The third-order valence-electron chi connectivity index (χ3n) is 7.16. The number of allylic oxidation sites excluding steroid dienone is 1. The van der Waals surface area contributed by atoms with Crippen molar-refractivity contribution in [2.75, 3.05) is 33.4 Å². The van der Waals surface area contributed by atoms with Crippen molar-refractivity contribution >= 4 is 33.9 Å². The zero-order valence-corrected chi connectivity index (χ0v) is 24.6. The predicted molar refractivity (Wildman–Crippen MR) is 162 cm³/mol. The summed E-state index contributed by atoms with van der Waals surface area (Å²) in [6, 6.07) is 15.0. The number of hydrogen-bond acceptors (Lipinski definition) is 6. The number of hydrogen-bond donors (Lipinski definition) is 0. The van der Waals surface area contributed by atoms with Gasteiger partial charge in [0.05, 0.1) is 24.0 Å². The Morgan fingerprint density at radius 1 is 1.05 bits per heavy atom. The van der Waals surface area contributed by atoms with Crippen LogP contribution in [0, 0.1) is 5.92 Å². The van der Waals surface area contributed by atoms with E-state index in [-0.39, 0.29) is 12.0 Å². The fraction of sp³-hybridized carbons (Fsp3) is 0.438. The van der Waals surface area contributed by atoms with E-state index >= 15 is 0 Å². The molecule has 1 aromatic heterocycles. The quantitative estimate of drug-likeness (QED) is 0.237. The van der Waals surface area contributed by atoms with Crippen LogP contribution in [-0.2, 0) is 4.74 Å². The van der Waals surface area contributed by atoms with E-state index in [1.165, 1.54) is 41.4 Å². The average molecular weight is 550 g/mol. The van der Waals surface area contributed by atoms with E-state index in [4.69, 9.17) is 14.2 Å². The summed E-state index contributed by atoms with van der Waals surface area (Å²) in [7, 11) is 1.70. The highest BCUT2D eigenvalue weighted by atomic mass is 32.2. The van der Waals surface area contributed by atoms with Gasteiger partial charge < -0.3 is 19.1 Å². The molecule has 2 aliphatic rings. The van der Waals surface area contributed by atoms with Crippen molar-refractivity contribution in [3.05, 3.63) is 66.5 Å². The first-order valence-electron chi connectivity index (χ1n) is 13.8. The molecule has 1 aliphatic carbocycles. The molecule has 2 atom stereocenters. The molecule has 3 aromatic rings. The van der Waals surface area contributed by atoms with Gasteiger partial charge in [-0.2, -0.15) is 0 Å². The van der Waals surface area contributed by atoms with Crippen LogP contribution in [0.3, 0.4) is 0 Å². The van der Waals surface area contributed by atoms with E-state index in [0.717, 1.165) is 46.7 Å². The summed E-state index contributed by atoms with van der Waals surface area (Å²) in [6.45, 7) is 10.9. The van der Waals surface area contributed by atoms with Crippen molar-refractivity contribution in [3.63, 3.8) is 0 Å². The Kier molecular flexibility index (Phi) is 9.16. The van der Waals surface area contributed by atoms with E-state index in [0.29, 0.717) is 5.25 Å². The molecule has 0 N–H and O–H groups in total. The Labute approximate surface area is 235 Å². The van der Waals surface area contributed by atoms with Crippen LogP contribution in [0.15, 0.2) is 70.7 Å². The molecule has 2 unspecified atom stereocenters. The monoisotopic (exact) mass is 549 g/mol. The first-order valence-corrected chi connectivity index (χ1v) is 15.5. The lowest BCUT2D eigenvalue weighted by Crippen LogP contribution is -2.34. The molecule has 1 fully saturated rings. The molecule has 0 saturated carbocycles. The smallest absolute Gasteiger partial charge is 0.143 e. The number of thiophene rings is 1. The van der Waals surface area contributed by atoms with Crippen LogP contribution in [0.5, 0.6) is 11.5 Å². The van der Waals surface area contributed by atoms with Gasteiger partial charge in [-0.05, 0) is 79.9 Å². The molecule has 0 bridgehead atoms. The number of likely N-dealkylation sites (tertiary alicyclic amines) is 1. The highest BCUT2D eigenvalue weighted by Gasteiger charge is 2.21. The van der Waals surface area contributed by atoms with E-state index in [2.05, 4.69) is 80.3 Å². The van der Waals surface area contributed by atoms with Crippen molar-refractivity contribution in [1.82, 2.24) is 4.90 Å². The van der Waals surface area contributed by atoms with Gasteiger partial charge in [0.2, 0.25) is 0 Å². The van der Waals surface area contributed by atoms with Crippen LogP contribution in [0.25, 0.3) is 21.2 Å². The lowest BCUT2D eigenvalue weighted by atomic mass is 9.98. The van der Waals surface area contributed by atoms with Gasteiger partial charge >= 0.3 is 0 Å². The van der Waals surface area contributed by atoms with Crippen molar-refractivity contribution < 1.29 is 14.2 Å². The summed E-state index contributed by atoms with van der Waals surface area (Å²) in [6.07, 6.45) is 10.5. The van der Waals surface area contributed by atoms with Crippen molar-refractivity contribution in [2.24, 2.45) is 5.92 Å². The molecule has 4 nitrogen and oxygen atoms in total. The van der Waals surface area contributed by atoms with Gasteiger partial charge in [-0.15, -0.1) is 23.1 Å². The minimum Gasteiger partial charge on any atom is -0.497 e. The number of fused-ring (bicyclic) bond motifs is 1. The maximum absolute atomic E-state index is 6.71. The average Bonchev–Trinajstić information content (AvgIpc) is 3.37. The summed E-state index contributed by atoms with van der Waals surface area (Å²) in [5.41, 5.74) is 1.12. The minimum atomic E-state index is 0.0799. The largest absolute Gasteiger partial charge is 0.497 e. The SMILES string of the molecule is COc1ccc2c(OC3=CC(C)C(OCCN4CCCCC4)C=C3)c(-c3ccc(SC(C)C)s3)ccc2c1. The third-order valence-corrected chi connectivity index (χ3v) is 9.45. The second-order valence-corrected chi connectivity index (χ2v) is 13.4. The maximum Gasteiger partial charge on any atom is 0.143 e. The van der Waals surface area contributed by atoms with Crippen molar-refractivity contribution in [2.45, 2.75) is 55.6 Å². The van der Waals surface area contributed by atoms with Crippen LogP contribution >= 0.6 is 23.1 Å². The van der Waals surface area contributed by atoms with Crippen molar-refractivity contribution in [1.29, 1.82) is 0 Å². The second kappa shape index (κ2) is 12.7. The number of piperidine rings is 1. The molecule has 0 spiro atoms. The lowest BCUT2D eigenvalue weighted by molar-refractivity contribution is 0.0407. The Hall–Kier alpha value is -2.25. The summed E-state index contributed by atoms with van der Waals surface area (Å²) in [4.78, 5) is 3.74. The Balaban J connectivity index is 1.36. The number of thioether (sulfide) groups is 1. The number of nitrogens with zero attached hydrogens (tertiary/aromatic N) is 1. The first-order chi connectivity index (χ1) is 18.5. The summed E-state index contributed by atoms with van der Waals surface area (Å²) >= 11 is 3.73. The predicted octanol–water partition coefficient (Wildman–Crippen LogP) is 8.42.